The Kier molecular flexibility index (Phi) is 6.11. The van der Waals surface area contributed by atoms with Crippen LogP contribution in [-0.2, 0) is 0 Å². The molecule has 0 bridgehead atoms. The summed E-state index contributed by atoms with van der Waals surface area (Å²) >= 11 is 1.46. The number of fused-ring (bicyclic) bond motifs is 1. The van der Waals surface area contributed by atoms with E-state index < -0.39 is 0 Å². The normalized spacial score (nSPS) is 17.2. The van der Waals surface area contributed by atoms with Gasteiger partial charge in [0.05, 0.1) is 22.3 Å². The summed E-state index contributed by atoms with van der Waals surface area (Å²) in [7, 11) is 0. The summed E-state index contributed by atoms with van der Waals surface area (Å²) < 4.78 is 1.02. The van der Waals surface area contributed by atoms with Gasteiger partial charge in [-0.1, -0.05) is 24.6 Å². The van der Waals surface area contributed by atoms with E-state index in [4.69, 9.17) is 5.41 Å². The Hall–Kier alpha value is -3.23. The second-order valence-electron chi connectivity index (χ2n) is 8.45. The minimum Gasteiger partial charge on any atom is -0.510 e. The number of aliphatic hydroxyl groups is 1. The van der Waals surface area contributed by atoms with Gasteiger partial charge in [0.25, 0.3) is 5.91 Å². The van der Waals surface area contributed by atoms with Crippen molar-refractivity contribution >= 4 is 44.6 Å². The van der Waals surface area contributed by atoms with Crippen molar-refractivity contribution in [2.45, 2.75) is 19.3 Å². The molecule has 0 unspecified atom stereocenters. The van der Waals surface area contributed by atoms with Gasteiger partial charge in [0.1, 0.15) is 16.6 Å². The first-order chi connectivity index (χ1) is 16.1. The second kappa shape index (κ2) is 9.33. The van der Waals surface area contributed by atoms with Gasteiger partial charge in [-0.15, -0.1) is 11.3 Å². The highest BCUT2D eigenvalue weighted by atomic mass is 32.1. The molecule has 2 aliphatic rings. The van der Waals surface area contributed by atoms with Gasteiger partial charge in [-0.2, -0.15) is 0 Å². The number of carbonyl (C=O) groups is 1. The van der Waals surface area contributed by atoms with Crippen molar-refractivity contribution in [2.75, 3.05) is 37.6 Å². The first kappa shape index (κ1) is 21.6. The van der Waals surface area contributed by atoms with E-state index in [2.05, 4.69) is 15.2 Å². The Morgan fingerprint density at radius 3 is 2.76 bits per heavy atom. The second-order valence-corrected chi connectivity index (χ2v) is 9.48. The van der Waals surface area contributed by atoms with Gasteiger partial charge in [0.15, 0.2) is 0 Å². The molecule has 0 aliphatic carbocycles. The van der Waals surface area contributed by atoms with Crippen LogP contribution in [0.2, 0.25) is 0 Å². The largest absolute Gasteiger partial charge is 0.510 e. The molecule has 8 heteroatoms. The summed E-state index contributed by atoms with van der Waals surface area (Å²) in [5.41, 5.74) is 2.55. The Morgan fingerprint density at radius 2 is 1.94 bits per heavy atom. The zero-order valence-corrected chi connectivity index (χ0v) is 19.2. The van der Waals surface area contributed by atoms with E-state index >= 15 is 0 Å². The van der Waals surface area contributed by atoms with Crippen LogP contribution in [0.5, 0.6) is 0 Å². The summed E-state index contributed by atoms with van der Waals surface area (Å²) in [6, 6.07) is 15.0. The number of aliphatic hydroxyl groups excluding tert-OH is 1. The first-order valence-electron chi connectivity index (χ1n) is 11.4. The van der Waals surface area contributed by atoms with E-state index in [-0.39, 0.29) is 24.0 Å². The molecule has 2 aliphatic heterocycles. The van der Waals surface area contributed by atoms with E-state index in [1.807, 2.05) is 36.4 Å². The third kappa shape index (κ3) is 4.49. The topological polar surface area (TPSA) is 92.5 Å². The van der Waals surface area contributed by atoms with Gasteiger partial charge in [0, 0.05) is 24.3 Å². The van der Waals surface area contributed by atoms with Crippen LogP contribution < -0.4 is 10.2 Å². The van der Waals surface area contributed by atoms with E-state index in [0.29, 0.717) is 28.4 Å². The number of anilines is 1. The number of carbonyl (C=O) groups excluding carboxylic acids is 1. The number of aromatic nitrogens is 1. The number of amides is 1. The van der Waals surface area contributed by atoms with Crippen LogP contribution in [-0.4, -0.2) is 59.5 Å². The van der Waals surface area contributed by atoms with Gasteiger partial charge < -0.3 is 20.2 Å². The highest BCUT2D eigenvalue weighted by molar-refractivity contribution is 7.19. The Balaban J connectivity index is 1.27. The number of thiazole rings is 1. The third-order valence-electron chi connectivity index (χ3n) is 6.19. The average Bonchev–Trinajstić information content (AvgIpc) is 3.39. The van der Waals surface area contributed by atoms with Crippen LogP contribution in [0, 0.1) is 5.41 Å². The Bertz CT molecular complexity index is 1200. The van der Waals surface area contributed by atoms with Crippen molar-refractivity contribution in [2.24, 2.45) is 0 Å². The van der Waals surface area contributed by atoms with E-state index in [0.717, 1.165) is 29.9 Å². The van der Waals surface area contributed by atoms with Crippen molar-refractivity contribution in [3.63, 3.8) is 0 Å². The fourth-order valence-electron chi connectivity index (χ4n) is 4.43. The summed E-state index contributed by atoms with van der Waals surface area (Å²) in [5, 5.41) is 23.0. The summed E-state index contributed by atoms with van der Waals surface area (Å²) in [6.07, 6.45) is 3.77. The fourth-order valence-corrected chi connectivity index (χ4v) is 5.47. The van der Waals surface area contributed by atoms with Gasteiger partial charge in [0.2, 0.25) is 0 Å². The molecule has 0 atom stereocenters. The number of rotatable bonds is 6. The number of amidine groups is 1. The van der Waals surface area contributed by atoms with Crippen molar-refractivity contribution in [1.82, 2.24) is 15.2 Å². The maximum Gasteiger partial charge on any atom is 0.251 e. The van der Waals surface area contributed by atoms with E-state index in [9.17, 15) is 9.90 Å². The van der Waals surface area contributed by atoms with E-state index in [1.54, 1.807) is 17.0 Å². The lowest BCUT2D eigenvalue weighted by atomic mass is 10.1. The molecule has 3 heterocycles. The van der Waals surface area contributed by atoms with Gasteiger partial charge >= 0.3 is 0 Å². The molecular weight excluding hydrogens is 434 g/mol. The molecule has 3 aromatic rings. The highest BCUT2D eigenvalue weighted by Gasteiger charge is 2.31. The predicted octanol–water partition coefficient (Wildman–Crippen LogP) is 4.28. The molecule has 170 valence electrons. The van der Waals surface area contributed by atoms with Gasteiger partial charge in [-0.25, -0.2) is 4.98 Å². The zero-order chi connectivity index (χ0) is 22.8. The fraction of sp³-hybridized carbons (Fsp3) is 0.320. The SMILES string of the molecule is N=C1C(c2nc3ccccc3s2)=C(O)CN1c1cccc(C(=O)NCCN2CCCCC2)c1. The molecule has 5 rings (SSSR count). The molecule has 1 saturated heterocycles. The standard InChI is InChI=1S/C25H27N5O2S/c26-23-22(25-28-19-9-2-3-10-21(19)33-25)20(31)16-30(23)18-8-6-7-17(15-18)24(32)27-11-14-29-12-4-1-5-13-29/h2-3,6-10,15,26,31H,1,4-5,11-14,16H2,(H,27,32). The lowest BCUT2D eigenvalue weighted by molar-refractivity contribution is 0.0946. The van der Waals surface area contributed by atoms with Crippen LogP contribution in [0.15, 0.2) is 54.3 Å². The Morgan fingerprint density at radius 1 is 1.12 bits per heavy atom. The van der Waals surface area contributed by atoms with Gasteiger partial charge in [-0.05, 0) is 56.3 Å². The van der Waals surface area contributed by atoms with Gasteiger partial charge in [-0.3, -0.25) is 10.2 Å². The highest BCUT2D eigenvalue weighted by Crippen LogP contribution is 2.35. The van der Waals surface area contributed by atoms with Crippen LogP contribution in [0.4, 0.5) is 5.69 Å². The smallest absolute Gasteiger partial charge is 0.251 e. The number of benzene rings is 2. The van der Waals surface area contributed by atoms with Crippen LogP contribution in [0.25, 0.3) is 15.8 Å². The minimum atomic E-state index is -0.122. The molecule has 0 saturated carbocycles. The molecule has 1 amide bonds. The molecular formula is C25H27N5O2S. The number of hydrogen-bond acceptors (Lipinski definition) is 6. The molecule has 7 nitrogen and oxygen atoms in total. The van der Waals surface area contributed by atoms with E-state index in [1.165, 1.54) is 30.6 Å². The number of likely N-dealkylation sites (tertiary alicyclic amines) is 1. The third-order valence-corrected chi connectivity index (χ3v) is 7.25. The van der Waals surface area contributed by atoms with Crippen LogP contribution in [0.1, 0.15) is 34.6 Å². The first-order valence-corrected chi connectivity index (χ1v) is 12.2. The molecule has 1 aromatic heterocycles. The number of nitrogens with zero attached hydrogens (tertiary/aromatic N) is 3. The van der Waals surface area contributed by atoms with Crippen LogP contribution in [0.3, 0.4) is 0 Å². The number of para-hydroxylation sites is 1. The van der Waals surface area contributed by atoms with Crippen molar-refractivity contribution in [3.05, 3.63) is 64.9 Å². The van der Waals surface area contributed by atoms with Crippen molar-refractivity contribution < 1.29 is 9.90 Å². The maximum absolute atomic E-state index is 12.7. The monoisotopic (exact) mass is 461 g/mol. The quantitative estimate of drug-likeness (QED) is 0.510. The molecule has 0 spiro atoms. The molecule has 3 N–H and O–H groups in total. The summed E-state index contributed by atoms with van der Waals surface area (Å²) in [5.74, 6) is 0.188. The Labute approximate surface area is 196 Å². The number of piperidine rings is 1. The summed E-state index contributed by atoms with van der Waals surface area (Å²) in [4.78, 5) is 21.4. The number of hydrogen-bond donors (Lipinski definition) is 3. The maximum atomic E-state index is 12.7. The predicted molar refractivity (Wildman–Crippen MR) is 133 cm³/mol. The minimum absolute atomic E-state index is 0.121. The lowest BCUT2D eigenvalue weighted by Crippen LogP contribution is -2.37. The average molecular weight is 462 g/mol. The molecule has 33 heavy (non-hydrogen) atoms. The zero-order valence-electron chi connectivity index (χ0n) is 18.4. The number of nitrogens with one attached hydrogen (secondary N) is 2. The lowest BCUT2D eigenvalue weighted by Gasteiger charge is -2.26. The van der Waals surface area contributed by atoms with Crippen LogP contribution >= 0.6 is 11.3 Å². The molecule has 1 fully saturated rings. The summed E-state index contributed by atoms with van der Waals surface area (Å²) in [6.45, 7) is 3.88. The van der Waals surface area contributed by atoms with Crippen molar-refractivity contribution in [1.29, 1.82) is 5.41 Å². The molecule has 2 aromatic carbocycles. The molecule has 0 radical (unpaired) electrons. The van der Waals surface area contributed by atoms with Crippen molar-refractivity contribution in [3.8, 4) is 0 Å².